The largest absolute Gasteiger partial charge is 0.368 e. The fourth-order valence-electron chi connectivity index (χ4n) is 5.98. The Kier molecular flexibility index (Phi) is 8.11. The first kappa shape index (κ1) is 27.4. The Labute approximate surface area is 233 Å². The molecule has 1 aromatic carbocycles. The number of aromatic nitrogens is 2. The van der Waals surface area contributed by atoms with Crippen molar-refractivity contribution in [3.05, 3.63) is 45.7 Å². The summed E-state index contributed by atoms with van der Waals surface area (Å²) < 4.78 is 16.1. The maximum Gasteiger partial charge on any atom is 0.274 e. The zero-order valence-electron chi connectivity index (χ0n) is 22.6. The highest BCUT2D eigenvalue weighted by Gasteiger charge is 2.34. The fourth-order valence-corrected chi connectivity index (χ4v) is 6.15. The molecule has 0 saturated carbocycles. The number of amides is 3. The molecule has 3 amide bonds. The Morgan fingerprint density at radius 2 is 1.77 bits per heavy atom. The molecule has 2 aliphatic heterocycles. The van der Waals surface area contributed by atoms with E-state index in [1.807, 2.05) is 30.0 Å². The number of rotatable bonds is 5. The molecule has 1 aliphatic carbocycles. The highest BCUT2D eigenvalue weighted by molar-refractivity contribution is 6.31. The maximum absolute atomic E-state index is 14.4. The first-order valence-electron chi connectivity index (χ1n) is 13.8. The average molecular weight is 559 g/mol. The summed E-state index contributed by atoms with van der Waals surface area (Å²) in [4.78, 5) is 43.9. The van der Waals surface area contributed by atoms with Gasteiger partial charge in [-0.05, 0) is 50.3 Å². The number of hydrogen-bond acceptors (Lipinski definition) is 5. The van der Waals surface area contributed by atoms with Crippen molar-refractivity contribution in [2.75, 3.05) is 44.2 Å². The van der Waals surface area contributed by atoms with Crippen LogP contribution in [-0.4, -0.2) is 88.8 Å². The smallest absolute Gasteiger partial charge is 0.274 e. The lowest BCUT2D eigenvalue weighted by Gasteiger charge is -2.37. The van der Waals surface area contributed by atoms with Crippen LogP contribution in [0.25, 0.3) is 0 Å². The van der Waals surface area contributed by atoms with E-state index in [0.29, 0.717) is 70.5 Å². The highest BCUT2D eigenvalue weighted by atomic mass is 35.5. The van der Waals surface area contributed by atoms with Crippen molar-refractivity contribution >= 4 is 35.0 Å². The Morgan fingerprint density at radius 1 is 1.05 bits per heavy atom. The number of piperidine rings is 1. The fraction of sp³-hybridized carbons (Fsp3) is 0.571. The summed E-state index contributed by atoms with van der Waals surface area (Å²) >= 11 is 6.30. The maximum atomic E-state index is 14.4. The van der Waals surface area contributed by atoms with E-state index in [0.717, 1.165) is 22.0 Å². The minimum atomic E-state index is -1.02. The second-order valence-corrected chi connectivity index (χ2v) is 11.2. The first-order chi connectivity index (χ1) is 18.7. The van der Waals surface area contributed by atoms with Crippen molar-refractivity contribution < 1.29 is 18.8 Å². The SMILES string of the molecule is CC(=O)NC1CCN(C(=O)c2nn(CC(=O)N3CCN(c4cccc(Cl)c4C)CC3)c3c2CC(F)CC3)CC1. The number of carbonyl (C=O) groups excluding carboxylic acids is 3. The van der Waals surface area contributed by atoms with Crippen molar-refractivity contribution in [2.45, 2.75) is 64.7 Å². The van der Waals surface area contributed by atoms with Gasteiger partial charge in [0.25, 0.3) is 5.91 Å². The third kappa shape index (κ3) is 5.90. The van der Waals surface area contributed by atoms with Crippen molar-refractivity contribution in [1.82, 2.24) is 24.9 Å². The normalized spacial score (nSPS) is 20.1. The standard InChI is InChI=1S/C28H36ClFN6O3/c1-18-23(29)4-3-5-24(18)33-12-14-34(15-13-33)26(38)17-36-25-7-6-20(30)16-22(25)27(32-36)28(39)35-10-8-21(9-11-35)31-19(2)37/h3-5,20-21H,6-17H2,1-2H3,(H,31,37). The van der Waals surface area contributed by atoms with Gasteiger partial charge in [-0.25, -0.2) is 4.39 Å². The molecule has 0 spiro atoms. The quantitative estimate of drug-likeness (QED) is 0.609. The topological polar surface area (TPSA) is 90.8 Å². The second kappa shape index (κ2) is 11.5. The summed E-state index contributed by atoms with van der Waals surface area (Å²) in [5, 5.41) is 8.25. The number of nitrogens with one attached hydrogen (secondary N) is 1. The van der Waals surface area contributed by atoms with Crippen molar-refractivity contribution in [2.24, 2.45) is 0 Å². The summed E-state index contributed by atoms with van der Waals surface area (Å²) in [5.41, 5.74) is 3.81. The Bertz CT molecular complexity index is 1250. The van der Waals surface area contributed by atoms with Crippen LogP contribution in [0, 0.1) is 6.92 Å². The van der Waals surface area contributed by atoms with Crippen LogP contribution in [0.5, 0.6) is 0 Å². The van der Waals surface area contributed by atoms with Gasteiger partial charge >= 0.3 is 0 Å². The summed E-state index contributed by atoms with van der Waals surface area (Å²) in [6.45, 7) is 7.09. The molecule has 0 bridgehead atoms. The number of piperazine rings is 1. The molecule has 3 heterocycles. The molecular formula is C28H36ClFN6O3. The number of carbonyl (C=O) groups is 3. The van der Waals surface area contributed by atoms with Gasteiger partial charge in [-0.15, -0.1) is 0 Å². The van der Waals surface area contributed by atoms with Crippen LogP contribution in [-0.2, 0) is 29.0 Å². The average Bonchev–Trinajstić information content (AvgIpc) is 3.27. The van der Waals surface area contributed by atoms with Gasteiger partial charge in [-0.1, -0.05) is 17.7 Å². The van der Waals surface area contributed by atoms with Crippen LogP contribution in [0.15, 0.2) is 18.2 Å². The summed E-state index contributed by atoms with van der Waals surface area (Å²) in [6, 6.07) is 5.92. The molecule has 2 aromatic rings. The molecular weight excluding hydrogens is 523 g/mol. The van der Waals surface area contributed by atoms with E-state index in [9.17, 15) is 18.8 Å². The summed E-state index contributed by atoms with van der Waals surface area (Å²) in [7, 11) is 0. The number of hydrogen-bond donors (Lipinski definition) is 1. The number of nitrogens with zero attached hydrogens (tertiary/aromatic N) is 5. The van der Waals surface area contributed by atoms with Crippen molar-refractivity contribution in [1.29, 1.82) is 0 Å². The van der Waals surface area contributed by atoms with Crippen LogP contribution in [0.1, 0.15) is 53.5 Å². The van der Waals surface area contributed by atoms with Gasteiger partial charge in [0.15, 0.2) is 5.69 Å². The van der Waals surface area contributed by atoms with E-state index in [-0.39, 0.29) is 42.4 Å². The van der Waals surface area contributed by atoms with E-state index < -0.39 is 6.17 Å². The van der Waals surface area contributed by atoms with Gasteiger partial charge < -0.3 is 20.0 Å². The van der Waals surface area contributed by atoms with Gasteiger partial charge in [0.1, 0.15) is 12.7 Å². The lowest BCUT2D eigenvalue weighted by atomic mass is 9.93. The molecule has 11 heteroatoms. The van der Waals surface area contributed by atoms with Gasteiger partial charge in [-0.3, -0.25) is 19.1 Å². The molecule has 2 saturated heterocycles. The Hall–Kier alpha value is -3.14. The third-order valence-corrected chi connectivity index (χ3v) is 8.59. The van der Waals surface area contributed by atoms with Crippen LogP contribution >= 0.6 is 11.6 Å². The van der Waals surface area contributed by atoms with Crippen LogP contribution in [0.4, 0.5) is 10.1 Å². The van der Waals surface area contributed by atoms with Gasteiger partial charge in [-0.2, -0.15) is 5.10 Å². The molecule has 0 radical (unpaired) electrons. The van der Waals surface area contributed by atoms with E-state index in [2.05, 4.69) is 15.3 Å². The highest BCUT2D eigenvalue weighted by Crippen LogP contribution is 2.29. The predicted octanol–water partition coefficient (Wildman–Crippen LogP) is 2.76. The first-order valence-corrected chi connectivity index (χ1v) is 14.2. The molecule has 39 heavy (non-hydrogen) atoms. The lowest BCUT2D eigenvalue weighted by molar-refractivity contribution is -0.132. The van der Waals surface area contributed by atoms with Crippen molar-refractivity contribution in [3.8, 4) is 0 Å². The van der Waals surface area contributed by atoms with Crippen LogP contribution in [0.2, 0.25) is 5.02 Å². The monoisotopic (exact) mass is 558 g/mol. The molecule has 1 N–H and O–H groups in total. The lowest BCUT2D eigenvalue weighted by Crippen LogP contribution is -2.50. The molecule has 1 aromatic heterocycles. The Morgan fingerprint density at radius 3 is 2.46 bits per heavy atom. The number of alkyl halides is 1. The van der Waals surface area contributed by atoms with Gasteiger partial charge in [0, 0.05) is 80.6 Å². The van der Waals surface area contributed by atoms with E-state index in [4.69, 9.17) is 11.6 Å². The van der Waals surface area contributed by atoms with Crippen LogP contribution < -0.4 is 10.2 Å². The minimum absolute atomic E-state index is 0.0351. The molecule has 1 atom stereocenters. The number of likely N-dealkylation sites (tertiary alicyclic amines) is 1. The van der Waals surface area contributed by atoms with E-state index in [1.165, 1.54) is 6.92 Å². The number of halogens is 2. The van der Waals surface area contributed by atoms with Gasteiger partial charge in [0.2, 0.25) is 11.8 Å². The number of fused-ring (bicyclic) bond motifs is 1. The molecule has 5 rings (SSSR count). The summed E-state index contributed by atoms with van der Waals surface area (Å²) in [6.07, 6.45) is 1.27. The van der Waals surface area contributed by atoms with Crippen LogP contribution in [0.3, 0.4) is 0 Å². The Balaban J connectivity index is 1.26. The number of benzene rings is 1. The zero-order chi connectivity index (χ0) is 27.7. The zero-order valence-corrected chi connectivity index (χ0v) is 23.3. The number of anilines is 1. The molecule has 1 unspecified atom stereocenters. The summed E-state index contributed by atoms with van der Waals surface area (Å²) in [5.74, 6) is -0.356. The minimum Gasteiger partial charge on any atom is -0.368 e. The predicted molar refractivity (Wildman–Crippen MR) is 147 cm³/mol. The molecule has 2 fully saturated rings. The second-order valence-electron chi connectivity index (χ2n) is 10.8. The molecule has 3 aliphatic rings. The van der Waals surface area contributed by atoms with E-state index in [1.54, 1.807) is 9.58 Å². The molecule has 210 valence electrons. The molecule has 9 nitrogen and oxygen atoms in total. The third-order valence-electron chi connectivity index (χ3n) is 8.18. The van der Waals surface area contributed by atoms with Gasteiger partial charge in [0.05, 0.1) is 0 Å². The van der Waals surface area contributed by atoms with E-state index >= 15 is 0 Å². The van der Waals surface area contributed by atoms with Crippen molar-refractivity contribution in [3.63, 3.8) is 0 Å².